The van der Waals surface area contributed by atoms with E-state index in [1.807, 2.05) is 0 Å². The third-order valence-corrected chi connectivity index (χ3v) is 1.51. The molecule has 13 heavy (non-hydrogen) atoms. The van der Waals surface area contributed by atoms with Crippen LogP contribution in [-0.4, -0.2) is 41.1 Å². The fourth-order valence-corrected chi connectivity index (χ4v) is 0.724. The maximum Gasteiger partial charge on any atom is 2.00 e. The molecule has 0 amide bonds. The fraction of sp³-hybridized carbons (Fsp3) is 0.889. The number of halogens is 1. The van der Waals surface area contributed by atoms with Crippen LogP contribution < -0.4 is 0 Å². The van der Waals surface area contributed by atoms with E-state index >= 15 is 0 Å². The van der Waals surface area contributed by atoms with Crippen molar-refractivity contribution in [3.63, 3.8) is 0 Å². The van der Waals surface area contributed by atoms with E-state index in [0.717, 1.165) is 32.3 Å². The van der Waals surface area contributed by atoms with Crippen LogP contribution in [0.25, 0.3) is 0 Å². The maximum atomic E-state index is 8.69. The predicted octanol–water partition coefficient (Wildman–Crippen LogP) is 2.32. The third kappa shape index (κ3) is 15.9. The maximum absolute atomic E-state index is 8.69. The van der Waals surface area contributed by atoms with Gasteiger partial charge in [-0.15, -0.1) is 17.0 Å². The smallest absolute Gasteiger partial charge is 0.368 e. The topological polar surface area (TPSA) is 29.5 Å². The van der Waals surface area contributed by atoms with Gasteiger partial charge in [0.05, 0.1) is 0 Å². The molecule has 0 radical (unpaired) electrons. The second-order valence-corrected chi connectivity index (χ2v) is 2.67. The molecule has 1 aliphatic rings. The summed E-state index contributed by atoms with van der Waals surface area (Å²) in [6, 6.07) is 0. The van der Waals surface area contributed by atoms with Crippen molar-refractivity contribution in [1.29, 1.82) is 0 Å². The minimum atomic E-state index is -0.464. The zero-order chi connectivity index (χ0) is 8.53. The zero-order valence-electron chi connectivity index (χ0n) is 8.50. The van der Waals surface area contributed by atoms with Crippen molar-refractivity contribution in [3.05, 3.63) is 6.92 Å². The van der Waals surface area contributed by atoms with Crippen molar-refractivity contribution in [2.45, 2.75) is 45.3 Å². The van der Waals surface area contributed by atoms with Gasteiger partial charge < -0.3 is 16.8 Å². The molecule has 0 aliphatic carbocycles. The second-order valence-electron chi connectivity index (χ2n) is 2.67. The van der Waals surface area contributed by atoms with Crippen molar-refractivity contribution in [2.24, 2.45) is 0 Å². The van der Waals surface area contributed by atoms with E-state index in [2.05, 4.69) is 13.8 Å². The van der Waals surface area contributed by atoms with Crippen molar-refractivity contribution in [3.8, 4) is 0 Å². The van der Waals surface area contributed by atoms with Crippen molar-refractivity contribution in [2.75, 3.05) is 6.61 Å². The first-order valence-corrected chi connectivity index (χ1v) is 4.40. The molecular formula is C9H20BrMgO2+. The van der Waals surface area contributed by atoms with Crippen LogP contribution in [0.2, 0.25) is 0 Å². The van der Waals surface area contributed by atoms with Gasteiger partial charge in [-0.05, 0) is 19.3 Å². The van der Waals surface area contributed by atoms with Gasteiger partial charge in [0.15, 0.2) is 6.29 Å². The van der Waals surface area contributed by atoms with E-state index < -0.39 is 6.29 Å². The van der Waals surface area contributed by atoms with Crippen molar-refractivity contribution < 1.29 is 9.84 Å². The van der Waals surface area contributed by atoms with Gasteiger partial charge in [-0.25, -0.2) is 0 Å². The Bertz CT molecular complexity index is 76.0. The molecule has 1 unspecified atom stereocenters. The Kier molecular flexibility index (Phi) is 23.7. The minimum absolute atomic E-state index is 0. The van der Waals surface area contributed by atoms with Crippen LogP contribution in [0.15, 0.2) is 0 Å². The Morgan fingerprint density at radius 3 is 2.15 bits per heavy atom. The number of aliphatic hydroxyl groups is 1. The first-order valence-electron chi connectivity index (χ1n) is 4.40. The summed E-state index contributed by atoms with van der Waals surface area (Å²) in [6.45, 7) is 6.46. The third-order valence-electron chi connectivity index (χ3n) is 1.51. The molecule has 2 nitrogen and oxygen atoms in total. The van der Waals surface area contributed by atoms with Gasteiger partial charge in [0.2, 0.25) is 0 Å². The van der Waals surface area contributed by atoms with Crippen LogP contribution >= 0.6 is 17.0 Å². The molecule has 0 saturated carbocycles. The Balaban J connectivity index is -0.000000150. The molecule has 4 heteroatoms. The summed E-state index contributed by atoms with van der Waals surface area (Å²) < 4.78 is 4.83. The number of hydrogen-bond donors (Lipinski definition) is 1. The molecule has 0 aromatic carbocycles. The molecule has 1 heterocycles. The van der Waals surface area contributed by atoms with Crippen LogP contribution in [-0.2, 0) is 4.74 Å². The molecule has 1 N–H and O–H groups in total. The standard InChI is InChI=1S/C5H10O2.C4H9.BrH.Mg/c6-5-3-1-2-4-7-5;1-3-4-2;;/h5-6H,1-4H2;1,3-4H2,2H3;1H;/q;-1;;+2. The number of aliphatic hydroxyl groups excluding tert-OH is 1. The summed E-state index contributed by atoms with van der Waals surface area (Å²) in [7, 11) is 0. The molecule has 0 spiro atoms. The summed E-state index contributed by atoms with van der Waals surface area (Å²) in [4.78, 5) is 0. The number of ether oxygens (including phenoxy) is 1. The van der Waals surface area contributed by atoms with Crippen molar-refractivity contribution >= 4 is 40.0 Å². The molecule has 0 bridgehead atoms. The van der Waals surface area contributed by atoms with Crippen LogP contribution in [0, 0.1) is 6.92 Å². The molecule has 1 atom stereocenters. The van der Waals surface area contributed by atoms with Crippen LogP contribution in [0.1, 0.15) is 39.0 Å². The second kappa shape index (κ2) is 15.6. The van der Waals surface area contributed by atoms with Gasteiger partial charge in [-0.3, -0.25) is 0 Å². The summed E-state index contributed by atoms with van der Waals surface area (Å²) in [5.74, 6) is 0. The van der Waals surface area contributed by atoms with Crippen LogP contribution in [0.5, 0.6) is 0 Å². The Morgan fingerprint density at radius 1 is 1.46 bits per heavy atom. The minimum Gasteiger partial charge on any atom is -0.368 e. The normalized spacial score (nSPS) is 20.1. The fourth-order valence-electron chi connectivity index (χ4n) is 0.724. The average molecular weight is 264 g/mol. The van der Waals surface area contributed by atoms with E-state index in [9.17, 15) is 0 Å². The Labute approximate surface area is 108 Å². The van der Waals surface area contributed by atoms with Gasteiger partial charge in [0.25, 0.3) is 0 Å². The predicted molar refractivity (Wildman–Crippen MR) is 62.2 cm³/mol. The van der Waals surface area contributed by atoms with Crippen molar-refractivity contribution in [1.82, 2.24) is 0 Å². The van der Waals surface area contributed by atoms with Gasteiger partial charge in [0, 0.05) is 6.61 Å². The van der Waals surface area contributed by atoms with E-state index in [1.165, 1.54) is 6.42 Å². The molecule has 1 fully saturated rings. The molecule has 0 aromatic heterocycles. The summed E-state index contributed by atoms with van der Waals surface area (Å²) in [6.07, 6.45) is 4.85. The number of unbranched alkanes of at least 4 members (excludes halogenated alkanes) is 1. The van der Waals surface area contributed by atoms with Gasteiger partial charge in [-0.2, -0.15) is 6.42 Å². The van der Waals surface area contributed by atoms with E-state index in [-0.39, 0.29) is 40.0 Å². The van der Waals surface area contributed by atoms with Gasteiger partial charge in [0.1, 0.15) is 0 Å². The quantitative estimate of drug-likeness (QED) is 0.582. The monoisotopic (exact) mass is 263 g/mol. The molecule has 1 rings (SSSR count). The number of rotatable bonds is 1. The number of hydrogen-bond acceptors (Lipinski definition) is 2. The Hall–Kier alpha value is 1.17. The summed E-state index contributed by atoms with van der Waals surface area (Å²) in [5.41, 5.74) is 0. The first kappa shape index (κ1) is 19.7. The van der Waals surface area contributed by atoms with Crippen LogP contribution in [0.3, 0.4) is 0 Å². The van der Waals surface area contributed by atoms with E-state index in [4.69, 9.17) is 9.84 Å². The summed E-state index contributed by atoms with van der Waals surface area (Å²) in [5, 5.41) is 8.69. The van der Waals surface area contributed by atoms with Gasteiger partial charge in [-0.1, -0.05) is 13.3 Å². The van der Waals surface area contributed by atoms with E-state index in [1.54, 1.807) is 0 Å². The molecule has 0 aromatic rings. The van der Waals surface area contributed by atoms with E-state index in [0.29, 0.717) is 0 Å². The first-order chi connectivity index (χ1) is 5.31. The zero-order valence-corrected chi connectivity index (χ0v) is 11.6. The average Bonchev–Trinajstić information content (AvgIpc) is 2.07. The molecule has 76 valence electrons. The molecule has 1 aliphatic heterocycles. The van der Waals surface area contributed by atoms with Gasteiger partial charge >= 0.3 is 23.1 Å². The summed E-state index contributed by atoms with van der Waals surface area (Å²) >= 11 is 0. The largest absolute Gasteiger partial charge is 2.00 e. The molecule has 1 saturated heterocycles. The molecular weight excluding hydrogens is 244 g/mol. The Morgan fingerprint density at radius 2 is 2.00 bits per heavy atom. The SMILES string of the molecule is Br.OC1CCCCO1.[CH2-]CCC.[Mg+2]. The van der Waals surface area contributed by atoms with Crippen LogP contribution in [0.4, 0.5) is 0 Å².